The molecule has 156 valence electrons. The Balaban J connectivity index is 1.45. The number of benzene rings is 1. The van der Waals surface area contributed by atoms with Crippen molar-refractivity contribution in [2.45, 2.75) is 25.4 Å². The van der Waals surface area contributed by atoms with E-state index in [4.69, 9.17) is 14.0 Å². The summed E-state index contributed by atoms with van der Waals surface area (Å²) >= 11 is 1.91. The minimum absolute atomic E-state index is 0.0884. The van der Waals surface area contributed by atoms with Crippen LogP contribution in [0, 0.1) is 0 Å². The van der Waals surface area contributed by atoms with Crippen molar-refractivity contribution in [3.63, 3.8) is 0 Å². The van der Waals surface area contributed by atoms with Gasteiger partial charge in [-0.1, -0.05) is 5.16 Å². The average molecular weight is 419 g/mol. The van der Waals surface area contributed by atoms with Gasteiger partial charge in [0.25, 0.3) is 0 Å². The first-order valence-corrected chi connectivity index (χ1v) is 11.0. The minimum Gasteiger partial charge on any atom is -0.493 e. The van der Waals surface area contributed by atoms with Crippen LogP contribution in [0.25, 0.3) is 11.4 Å². The number of hydrogen-bond acceptors (Lipinski definition) is 8. The van der Waals surface area contributed by atoms with Gasteiger partial charge in [-0.2, -0.15) is 16.7 Å². The number of hydrogen-bond donors (Lipinski definition) is 0. The van der Waals surface area contributed by atoms with Crippen LogP contribution >= 0.6 is 11.8 Å². The zero-order chi connectivity index (χ0) is 20.2. The highest BCUT2D eigenvalue weighted by Crippen LogP contribution is 2.31. The number of carbonyl (C=O) groups excluding carboxylic acids is 1. The number of aromatic nitrogens is 2. The molecule has 0 N–H and O–H groups in total. The summed E-state index contributed by atoms with van der Waals surface area (Å²) in [6.45, 7) is 3.04. The zero-order valence-corrected chi connectivity index (χ0v) is 17.6. The molecule has 1 amide bonds. The second kappa shape index (κ2) is 9.04. The number of nitrogens with zero attached hydrogens (tertiary/aromatic N) is 4. The van der Waals surface area contributed by atoms with E-state index in [1.54, 1.807) is 14.2 Å². The number of ether oxygens (including phenoxy) is 2. The van der Waals surface area contributed by atoms with E-state index in [0.29, 0.717) is 29.8 Å². The first-order valence-electron chi connectivity index (χ1n) is 9.85. The summed E-state index contributed by atoms with van der Waals surface area (Å²) in [5.41, 5.74) is 0.789. The van der Waals surface area contributed by atoms with Gasteiger partial charge in [0.15, 0.2) is 11.5 Å². The van der Waals surface area contributed by atoms with Gasteiger partial charge < -0.3 is 18.9 Å². The zero-order valence-electron chi connectivity index (χ0n) is 16.8. The lowest BCUT2D eigenvalue weighted by Gasteiger charge is -2.31. The molecular formula is C20H26N4O4S. The average Bonchev–Trinajstić information content (AvgIpc) is 3.43. The van der Waals surface area contributed by atoms with Crippen molar-refractivity contribution in [2.75, 3.05) is 45.4 Å². The summed E-state index contributed by atoms with van der Waals surface area (Å²) in [5.74, 6) is 4.56. The van der Waals surface area contributed by atoms with Crippen LogP contribution in [0.15, 0.2) is 22.7 Å². The molecule has 0 radical (unpaired) electrons. The van der Waals surface area contributed by atoms with Crippen molar-refractivity contribution < 1.29 is 18.8 Å². The van der Waals surface area contributed by atoms with Crippen LogP contribution in [0.3, 0.4) is 0 Å². The molecule has 2 fully saturated rings. The molecule has 29 heavy (non-hydrogen) atoms. The normalized spacial score (nSPS) is 20.1. The Labute approximate surface area is 174 Å². The standard InChI is InChI=1S/C20H26N4O4S/c1-26-16-6-5-14(12-17(16)27-2)19-21-18(28-22-19)13-24-7-3-4-15(24)20(25)23-8-10-29-11-9-23/h5-6,12,15H,3-4,7-11,13H2,1-2H3. The van der Waals surface area contributed by atoms with Gasteiger partial charge in [-0.15, -0.1) is 0 Å². The molecule has 1 unspecified atom stereocenters. The fraction of sp³-hybridized carbons (Fsp3) is 0.550. The van der Waals surface area contributed by atoms with Crippen LogP contribution < -0.4 is 9.47 Å². The lowest BCUT2D eigenvalue weighted by Crippen LogP contribution is -2.48. The van der Waals surface area contributed by atoms with Gasteiger partial charge in [0.1, 0.15) is 0 Å². The summed E-state index contributed by atoms with van der Waals surface area (Å²) in [4.78, 5) is 21.6. The molecular weight excluding hydrogens is 392 g/mol. The number of likely N-dealkylation sites (tertiary alicyclic amines) is 1. The summed E-state index contributed by atoms with van der Waals surface area (Å²) in [6, 6.07) is 5.42. The highest BCUT2D eigenvalue weighted by Gasteiger charge is 2.35. The Morgan fingerprint density at radius 1 is 1.21 bits per heavy atom. The summed E-state index contributed by atoms with van der Waals surface area (Å²) in [6.07, 6.45) is 1.90. The van der Waals surface area contributed by atoms with Crippen LogP contribution in [0.1, 0.15) is 18.7 Å². The molecule has 2 saturated heterocycles. The molecule has 9 heteroatoms. The van der Waals surface area contributed by atoms with Crippen molar-refractivity contribution in [1.82, 2.24) is 19.9 Å². The van der Waals surface area contributed by atoms with Crippen LogP contribution in [0.4, 0.5) is 0 Å². The predicted octanol–water partition coefficient (Wildman–Crippen LogP) is 2.29. The highest BCUT2D eigenvalue weighted by atomic mass is 32.2. The Morgan fingerprint density at radius 2 is 2.00 bits per heavy atom. The first kappa shape index (κ1) is 20.0. The van der Waals surface area contributed by atoms with Crippen LogP contribution in [0.5, 0.6) is 11.5 Å². The Bertz CT molecular complexity index is 853. The lowest BCUT2D eigenvalue weighted by molar-refractivity contribution is -0.135. The maximum absolute atomic E-state index is 12.9. The van der Waals surface area contributed by atoms with Gasteiger partial charge in [0.2, 0.25) is 17.6 Å². The van der Waals surface area contributed by atoms with Crippen LogP contribution in [-0.4, -0.2) is 77.2 Å². The first-order chi connectivity index (χ1) is 14.2. The van der Waals surface area contributed by atoms with E-state index in [-0.39, 0.29) is 11.9 Å². The highest BCUT2D eigenvalue weighted by molar-refractivity contribution is 7.99. The molecule has 2 aromatic rings. The fourth-order valence-electron chi connectivity index (χ4n) is 3.87. The quantitative estimate of drug-likeness (QED) is 0.707. The molecule has 0 bridgehead atoms. The molecule has 0 aliphatic carbocycles. The van der Waals surface area contributed by atoms with E-state index < -0.39 is 0 Å². The van der Waals surface area contributed by atoms with E-state index in [1.807, 2.05) is 34.9 Å². The maximum Gasteiger partial charge on any atom is 0.241 e. The third-order valence-electron chi connectivity index (χ3n) is 5.42. The van der Waals surface area contributed by atoms with E-state index in [9.17, 15) is 4.79 Å². The van der Waals surface area contributed by atoms with Crippen molar-refractivity contribution in [3.8, 4) is 22.9 Å². The van der Waals surface area contributed by atoms with Crippen molar-refractivity contribution in [1.29, 1.82) is 0 Å². The molecule has 0 spiro atoms. The number of methoxy groups -OCH3 is 2. The van der Waals surface area contributed by atoms with Crippen molar-refractivity contribution >= 4 is 17.7 Å². The minimum atomic E-state index is -0.0884. The van der Waals surface area contributed by atoms with Gasteiger partial charge in [-0.25, -0.2) is 0 Å². The lowest BCUT2D eigenvalue weighted by atomic mass is 10.2. The van der Waals surface area contributed by atoms with E-state index in [1.165, 1.54) is 0 Å². The predicted molar refractivity (Wildman–Crippen MR) is 110 cm³/mol. The van der Waals surface area contributed by atoms with Gasteiger partial charge >= 0.3 is 0 Å². The Morgan fingerprint density at radius 3 is 2.76 bits per heavy atom. The van der Waals surface area contributed by atoms with Gasteiger partial charge in [0, 0.05) is 30.2 Å². The number of rotatable bonds is 6. The molecule has 1 aromatic heterocycles. The maximum atomic E-state index is 12.9. The van der Waals surface area contributed by atoms with E-state index in [0.717, 1.165) is 49.5 Å². The molecule has 0 saturated carbocycles. The monoisotopic (exact) mass is 418 g/mol. The van der Waals surface area contributed by atoms with Crippen molar-refractivity contribution in [2.24, 2.45) is 0 Å². The second-order valence-corrected chi connectivity index (χ2v) is 8.37. The largest absolute Gasteiger partial charge is 0.493 e. The molecule has 4 rings (SSSR count). The number of amides is 1. The summed E-state index contributed by atoms with van der Waals surface area (Å²) < 4.78 is 16.1. The summed E-state index contributed by atoms with van der Waals surface area (Å²) in [7, 11) is 3.19. The molecule has 8 nitrogen and oxygen atoms in total. The fourth-order valence-corrected chi connectivity index (χ4v) is 4.78. The number of carbonyl (C=O) groups is 1. The van der Waals surface area contributed by atoms with E-state index >= 15 is 0 Å². The molecule has 1 aromatic carbocycles. The Kier molecular flexibility index (Phi) is 6.25. The van der Waals surface area contributed by atoms with Gasteiger partial charge in [-0.05, 0) is 37.6 Å². The summed E-state index contributed by atoms with van der Waals surface area (Å²) in [5, 5.41) is 4.11. The Hall–Kier alpha value is -2.26. The second-order valence-electron chi connectivity index (χ2n) is 7.15. The van der Waals surface area contributed by atoms with E-state index in [2.05, 4.69) is 15.0 Å². The third-order valence-corrected chi connectivity index (χ3v) is 6.36. The number of thioether (sulfide) groups is 1. The van der Waals surface area contributed by atoms with Crippen molar-refractivity contribution in [3.05, 3.63) is 24.1 Å². The third kappa shape index (κ3) is 4.35. The molecule has 2 aliphatic heterocycles. The SMILES string of the molecule is COc1ccc(-c2noc(CN3CCCC3C(=O)N3CCSCC3)n2)cc1OC. The van der Waals surface area contributed by atoms with Crippen LogP contribution in [-0.2, 0) is 11.3 Å². The smallest absolute Gasteiger partial charge is 0.241 e. The molecule has 3 heterocycles. The topological polar surface area (TPSA) is 80.9 Å². The van der Waals surface area contributed by atoms with Crippen LogP contribution in [0.2, 0.25) is 0 Å². The molecule has 2 aliphatic rings. The van der Waals surface area contributed by atoms with Gasteiger partial charge in [-0.3, -0.25) is 9.69 Å². The molecule has 1 atom stereocenters. The van der Waals surface area contributed by atoms with Gasteiger partial charge in [0.05, 0.1) is 26.8 Å².